The Morgan fingerprint density at radius 3 is 2.88 bits per heavy atom. The van der Waals surface area contributed by atoms with Gasteiger partial charge in [0.15, 0.2) is 5.65 Å². The molecular formula is C19H20N4O2. The summed E-state index contributed by atoms with van der Waals surface area (Å²) in [5.41, 5.74) is 2.47. The number of fused-ring (bicyclic) bond motifs is 1. The highest BCUT2D eigenvalue weighted by atomic mass is 16.5. The molecule has 6 nitrogen and oxygen atoms in total. The number of benzene rings is 1. The van der Waals surface area contributed by atoms with Gasteiger partial charge < -0.3 is 9.64 Å². The highest BCUT2D eigenvalue weighted by Crippen LogP contribution is 2.23. The minimum Gasteiger partial charge on any atom is -0.462 e. The predicted octanol–water partition coefficient (Wildman–Crippen LogP) is 2.72. The lowest BCUT2D eigenvalue weighted by molar-refractivity contribution is 0.0450. The maximum absolute atomic E-state index is 12.3. The average Bonchev–Trinajstić information content (AvgIpc) is 3.27. The van der Waals surface area contributed by atoms with Crippen LogP contribution in [0, 0.1) is 12.8 Å². The Labute approximate surface area is 146 Å². The molecule has 1 fully saturated rings. The summed E-state index contributed by atoms with van der Waals surface area (Å²) in [5.74, 6) is 0.816. The summed E-state index contributed by atoms with van der Waals surface area (Å²) in [6.07, 6.45) is 2.77. The van der Waals surface area contributed by atoms with E-state index in [1.807, 2.05) is 25.1 Å². The molecular weight excluding hydrogens is 316 g/mol. The zero-order valence-electron chi connectivity index (χ0n) is 14.1. The van der Waals surface area contributed by atoms with Gasteiger partial charge in [0.2, 0.25) is 0 Å². The van der Waals surface area contributed by atoms with Crippen molar-refractivity contribution in [3.05, 3.63) is 60.0 Å². The van der Waals surface area contributed by atoms with Crippen LogP contribution >= 0.6 is 0 Å². The third kappa shape index (κ3) is 3.20. The number of aromatic nitrogens is 3. The summed E-state index contributed by atoms with van der Waals surface area (Å²) >= 11 is 0. The fourth-order valence-corrected chi connectivity index (χ4v) is 3.24. The molecule has 0 saturated carbocycles. The Morgan fingerprint density at radius 2 is 2.04 bits per heavy atom. The number of anilines is 1. The molecule has 1 aliphatic rings. The molecule has 0 spiro atoms. The molecule has 0 radical (unpaired) electrons. The number of pyridine rings is 1. The molecule has 1 aliphatic heterocycles. The van der Waals surface area contributed by atoms with Crippen LogP contribution in [0.15, 0.2) is 48.7 Å². The summed E-state index contributed by atoms with van der Waals surface area (Å²) in [4.78, 5) is 14.7. The molecule has 4 rings (SSSR count). The Balaban J connectivity index is 1.36. The van der Waals surface area contributed by atoms with Crippen LogP contribution in [-0.2, 0) is 4.74 Å². The monoisotopic (exact) mass is 336 g/mol. The van der Waals surface area contributed by atoms with Crippen LogP contribution in [0.25, 0.3) is 5.65 Å². The molecule has 1 saturated heterocycles. The number of carbonyl (C=O) groups is 1. The van der Waals surface area contributed by atoms with E-state index in [-0.39, 0.29) is 5.97 Å². The standard InChI is InChI=1S/C19H20N4O2/c1-14-20-21-18-8-7-16(12-23(14)18)19(24)25-13-15-9-10-22(11-15)17-5-3-2-4-6-17/h2-8,12,15H,9-11,13H2,1H3/t15-/m0/s1. The van der Waals surface area contributed by atoms with E-state index in [0.29, 0.717) is 18.1 Å². The quantitative estimate of drug-likeness (QED) is 0.686. The molecule has 0 amide bonds. The van der Waals surface area contributed by atoms with Crippen molar-refractivity contribution in [3.8, 4) is 0 Å². The van der Waals surface area contributed by atoms with Crippen LogP contribution in [0.2, 0.25) is 0 Å². The molecule has 0 N–H and O–H groups in total. The Morgan fingerprint density at radius 1 is 1.20 bits per heavy atom. The molecule has 1 aromatic carbocycles. The van der Waals surface area contributed by atoms with Gasteiger partial charge >= 0.3 is 5.97 Å². The van der Waals surface area contributed by atoms with Crippen molar-refractivity contribution in [1.82, 2.24) is 14.6 Å². The third-order valence-electron chi connectivity index (χ3n) is 4.67. The smallest absolute Gasteiger partial charge is 0.339 e. The average molecular weight is 336 g/mol. The normalized spacial score (nSPS) is 17.2. The second-order valence-electron chi connectivity index (χ2n) is 6.43. The van der Waals surface area contributed by atoms with E-state index in [4.69, 9.17) is 4.74 Å². The van der Waals surface area contributed by atoms with E-state index in [0.717, 1.165) is 31.0 Å². The lowest BCUT2D eigenvalue weighted by atomic mass is 10.1. The highest BCUT2D eigenvalue weighted by Gasteiger charge is 2.24. The Kier molecular flexibility index (Phi) is 4.09. The minimum absolute atomic E-state index is 0.298. The molecule has 2 aromatic heterocycles. The van der Waals surface area contributed by atoms with Crippen molar-refractivity contribution in [3.63, 3.8) is 0 Å². The van der Waals surface area contributed by atoms with Crippen LogP contribution < -0.4 is 4.90 Å². The first-order chi connectivity index (χ1) is 12.2. The number of ether oxygens (including phenoxy) is 1. The van der Waals surface area contributed by atoms with E-state index in [2.05, 4.69) is 27.2 Å². The van der Waals surface area contributed by atoms with Crippen molar-refractivity contribution < 1.29 is 9.53 Å². The van der Waals surface area contributed by atoms with E-state index in [1.165, 1.54) is 5.69 Å². The van der Waals surface area contributed by atoms with Gasteiger partial charge in [0, 0.05) is 30.9 Å². The van der Waals surface area contributed by atoms with Crippen LogP contribution in [0.5, 0.6) is 0 Å². The molecule has 0 unspecified atom stereocenters. The molecule has 0 aliphatic carbocycles. The molecule has 6 heteroatoms. The van der Waals surface area contributed by atoms with Crippen molar-refractivity contribution in [2.24, 2.45) is 5.92 Å². The van der Waals surface area contributed by atoms with Gasteiger partial charge in [-0.15, -0.1) is 10.2 Å². The molecule has 25 heavy (non-hydrogen) atoms. The molecule has 3 heterocycles. The van der Waals surface area contributed by atoms with Gasteiger partial charge in [-0.05, 0) is 37.6 Å². The fraction of sp³-hybridized carbons (Fsp3) is 0.316. The number of hydrogen-bond acceptors (Lipinski definition) is 5. The second-order valence-corrected chi connectivity index (χ2v) is 6.43. The maximum Gasteiger partial charge on any atom is 0.339 e. The maximum atomic E-state index is 12.3. The van der Waals surface area contributed by atoms with Crippen molar-refractivity contribution in [2.45, 2.75) is 13.3 Å². The van der Waals surface area contributed by atoms with Gasteiger partial charge in [-0.2, -0.15) is 0 Å². The summed E-state index contributed by atoms with van der Waals surface area (Å²) in [7, 11) is 0. The van der Waals surface area contributed by atoms with Crippen molar-refractivity contribution in [2.75, 3.05) is 24.6 Å². The predicted molar refractivity (Wildman–Crippen MR) is 94.8 cm³/mol. The van der Waals surface area contributed by atoms with Gasteiger partial charge in [-0.3, -0.25) is 4.40 Å². The van der Waals surface area contributed by atoms with Crippen LogP contribution in [0.4, 0.5) is 5.69 Å². The van der Waals surface area contributed by atoms with E-state index in [1.54, 1.807) is 22.7 Å². The number of rotatable bonds is 4. The Hall–Kier alpha value is -2.89. The number of esters is 1. The first-order valence-corrected chi connectivity index (χ1v) is 8.49. The number of nitrogens with zero attached hydrogens (tertiary/aromatic N) is 4. The summed E-state index contributed by atoms with van der Waals surface area (Å²) in [6.45, 7) is 4.21. The zero-order valence-corrected chi connectivity index (χ0v) is 14.1. The number of carbonyl (C=O) groups excluding carboxylic acids is 1. The zero-order chi connectivity index (χ0) is 17.2. The van der Waals surface area contributed by atoms with Gasteiger partial charge in [0.1, 0.15) is 5.82 Å². The van der Waals surface area contributed by atoms with Gasteiger partial charge in [0.05, 0.1) is 12.2 Å². The van der Waals surface area contributed by atoms with Gasteiger partial charge in [0.25, 0.3) is 0 Å². The minimum atomic E-state index is -0.298. The fourth-order valence-electron chi connectivity index (χ4n) is 3.24. The second kappa shape index (κ2) is 6.55. The molecule has 1 atom stereocenters. The SMILES string of the molecule is Cc1nnc2ccc(C(=O)OC[C@H]3CCN(c4ccccc4)C3)cn12. The number of para-hydroxylation sites is 1. The first-order valence-electron chi connectivity index (χ1n) is 8.49. The number of aryl methyl sites for hydroxylation is 1. The van der Waals surface area contributed by atoms with E-state index in [9.17, 15) is 4.79 Å². The third-order valence-corrected chi connectivity index (χ3v) is 4.67. The lowest BCUT2D eigenvalue weighted by Gasteiger charge is -2.18. The topological polar surface area (TPSA) is 59.7 Å². The van der Waals surface area contributed by atoms with Crippen LogP contribution in [0.3, 0.4) is 0 Å². The number of hydrogen-bond donors (Lipinski definition) is 0. The van der Waals surface area contributed by atoms with E-state index < -0.39 is 0 Å². The molecule has 0 bridgehead atoms. The first kappa shape index (κ1) is 15.6. The summed E-state index contributed by atoms with van der Waals surface area (Å²) in [6, 6.07) is 13.9. The molecule has 128 valence electrons. The van der Waals surface area contributed by atoms with Crippen molar-refractivity contribution in [1.29, 1.82) is 0 Å². The largest absolute Gasteiger partial charge is 0.462 e. The summed E-state index contributed by atoms with van der Waals surface area (Å²) in [5, 5.41) is 8.02. The van der Waals surface area contributed by atoms with Gasteiger partial charge in [-0.1, -0.05) is 18.2 Å². The molecule has 3 aromatic rings. The van der Waals surface area contributed by atoms with Crippen molar-refractivity contribution >= 4 is 17.3 Å². The summed E-state index contributed by atoms with van der Waals surface area (Å²) < 4.78 is 7.34. The Bertz CT molecular complexity index is 891. The van der Waals surface area contributed by atoms with Crippen LogP contribution in [-0.4, -0.2) is 40.3 Å². The highest BCUT2D eigenvalue weighted by molar-refractivity contribution is 5.89. The lowest BCUT2D eigenvalue weighted by Crippen LogP contribution is -2.22. The van der Waals surface area contributed by atoms with E-state index >= 15 is 0 Å². The van der Waals surface area contributed by atoms with Gasteiger partial charge in [-0.25, -0.2) is 4.79 Å². The van der Waals surface area contributed by atoms with Crippen LogP contribution in [0.1, 0.15) is 22.6 Å².